The molecule has 120 valence electrons. The van der Waals surface area contributed by atoms with E-state index < -0.39 is 0 Å². The summed E-state index contributed by atoms with van der Waals surface area (Å²) in [6.07, 6.45) is 6.88. The first-order valence-corrected chi connectivity index (χ1v) is 8.94. The molecular weight excluding hydrogens is 330 g/mol. The molecule has 1 unspecified atom stereocenters. The maximum atomic E-state index is 12.0. The summed E-state index contributed by atoms with van der Waals surface area (Å²) in [6, 6.07) is 7.70. The first-order valence-electron chi connectivity index (χ1n) is 7.35. The molecule has 0 fully saturated rings. The zero-order valence-corrected chi connectivity index (χ0v) is 14.3. The predicted molar refractivity (Wildman–Crippen MR) is 92.1 cm³/mol. The quantitative estimate of drug-likeness (QED) is 0.800. The number of amides is 1. The fourth-order valence-electron chi connectivity index (χ4n) is 2.33. The van der Waals surface area contributed by atoms with Crippen LogP contribution in [-0.4, -0.2) is 22.4 Å². The van der Waals surface area contributed by atoms with Gasteiger partial charge in [-0.05, 0) is 54.8 Å². The van der Waals surface area contributed by atoms with Crippen molar-refractivity contribution in [1.29, 1.82) is 0 Å². The molecule has 0 bridgehead atoms. The van der Waals surface area contributed by atoms with Crippen molar-refractivity contribution in [3.8, 4) is 5.75 Å². The maximum absolute atomic E-state index is 12.0. The number of methoxy groups -OCH3 is 1. The molecule has 0 saturated heterocycles. The van der Waals surface area contributed by atoms with Crippen molar-refractivity contribution in [3.63, 3.8) is 0 Å². The van der Waals surface area contributed by atoms with Crippen LogP contribution in [0.4, 0.5) is 5.13 Å². The number of aromatic nitrogens is 2. The van der Waals surface area contributed by atoms with Gasteiger partial charge in [-0.2, -0.15) is 9.36 Å². The number of carbonyl (C=O) groups is 1. The number of ether oxygens (including phenoxy) is 1. The van der Waals surface area contributed by atoms with Crippen molar-refractivity contribution in [2.45, 2.75) is 29.3 Å². The van der Waals surface area contributed by atoms with Gasteiger partial charge in [-0.3, -0.25) is 4.79 Å². The zero-order valence-electron chi connectivity index (χ0n) is 12.7. The predicted octanol–water partition coefficient (Wildman–Crippen LogP) is 3.99. The van der Waals surface area contributed by atoms with Crippen LogP contribution in [0.15, 0.2) is 46.5 Å². The number of hydrogen-bond donors (Lipinski definition) is 1. The van der Waals surface area contributed by atoms with Gasteiger partial charge in [0.2, 0.25) is 16.2 Å². The van der Waals surface area contributed by atoms with Gasteiger partial charge >= 0.3 is 0 Å². The summed E-state index contributed by atoms with van der Waals surface area (Å²) in [6.45, 7) is 0. The minimum Gasteiger partial charge on any atom is -0.497 e. The summed E-state index contributed by atoms with van der Waals surface area (Å²) in [4.78, 5) is 17.4. The molecule has 1 atom stereocenters. The molecule has 0 saturated carbocycles. The van der Waals surface area contributed by atoms with Crippen LogP contribution in [0.25, 0.3) is 0 Å². The van der Waals surface area contributed by atoms with Gasteiger partial charge in [0.25, 0.3) is 0 Å². The molecule has 1 aromatic carbocycles. The second kappa shape index (κ2) is 7.61. The lowest BCUT2D eigenvalue weighted by atomic mass is 10.1. The number of nitrogens with one attached hydrogen (secondary N) is 1. The van der Waals surface area contributed by atoms with Crippen LogP contribution in [-0.2, 0) is 4.79 Å². The van der Waals surface area contributed by atoms with Gasteiger partial charge in [-0.15, -0.1) is 0 Å². The van der Waals surface area contributed by atoms with Crippen molar-refractivity contribution in [3.05, 3.63) is 36.4 Å². The topological polar surface area (TPSA) is 64.1 Å². The molecular formula is C16H17N3O2S2. The van der Waals surface area contributed by atoms with Crippen LogP contribution < -0.4 is 10.1 Å². The number of anilines is 1. The Hall–Kier alpha value is -1.86. The Bertz CT molecular complexity index is 698. The Morgan fingerprint density at radius 3 is 2.96 bits per heavy atom. The number of benzene rings is 1. The molecule has 1 aromatic heterocycles. The summed E-state index contributed by atoms with van der Waals surface area (Å²) in [5.74, 6) is 1.17. The number of carbonyl (C=O) groups excluding carboxylic acids is 1. The molecule has 0 radical (unpaired) electrons. The van der Waals surface area contributed by atoms with E-state index in [1.54, 1.807) is 7.11 Å². The molecule has 7 heteroatoms. The summed E-state index contributed by atoms with van der Waals surface area (Å²) < 4.78 is 9.40. The monoisotopic (exact) mass is 347 g/mol. The zero-order chi connectivity index (χ0) is 16.1. The Labute approximate surface area is 143 Å². The van der Waals surface area contributed by atoms with Crippen LogP contribution in [0.5, 0.6) is 5.75 Å². The summed E-state index contributed by atoms with van der Waals surface area (Å²) in [7, 11) is 1.64. The molecule has 1 N–H and O–H groups in total. The van der Waals surface area contributed by atoms with E-state index in [4.69, 9.17) is 4.74 Å². The highest BCUT2D eigenvalue weighted by Gasteiger charge is 2.15. The maximum Gasteiger partial charge on any atom is 0.226 e. The Morgan fingerprint density at radius 2 is 2.26 bits per heavy atom. The van der Waals surface area contributed by atoms with Crippen LogP contribution in [0.3, 0.4) is 0 Å². The molecule has 23 heavy (non-hydrogen) atoms. The standard InChI is InChI=1S/C16H17N3O2S2/c1-21-12-6-8-13(9-7-12)22-16-18-15(23-19-16)17-14(20)10-11-4-2-3-5-11/h2,4,6-9,11H,3,5,10H2,1H3,(H,17,18,19,20). The third-order valence-electron chi connectivity index (χ3n) is 3.48. The first kappa shape index (κ1) is 16.0. The average molecular weight is 347 g/mol. The van der Waals surface area contributed by atoms with Crippen molar-refractivity contribution >= 4 is 34.3 Å². The summed E-state index contributed by atoms with van der Waals surface area (Å²) in [5, 5.41) is 4.02. The average Bonchev–Trinajstić information content (AvgIpc) is 3.20. The second-order valence-corrected chi connectivity index (χ2v) is 6.97. The normalized spacial score (nSPS) is 16.5. The molecule has 0 spiro atoms. The van der Waals surface area contributed by atoms with Crippen LogP contribution in [0, 0.1) is 5.92 Å². The number of nitrogens with zero attached hydrogens (tertiary/aromatic N) is 2. The third-order valence-corrected chi connectivity index (χ3v) is 5.10. The van der Waals surface area contributed by atoms with E-state index in [9.17, 15) is 4.79 Å². The van der Waals surface area contributed by atoms with Gasteiger partial charge in [0.05, 0.1) is 7.11 Å². The van der Waals surface area contributed by atoms with Crippen molar-refractivity contribution in [2.75, 3.05) is 12.4 Å². The lowest BCUT2D eigenvalue weighted by molar-refractivity contribution is -0.116. The van der Waals surface area contributed by atoms with Gasteiger partial charge in [-0.1, -0.05) is 12.2 Å². The number of allylic oxidation sites excluding steroid dienone is 2. The lowest BCUT2D eigenvalue weighted by Crippen LogP contribution is -2.14. The van der Waals surface area contributed by atoms with Crippen molar-refractivity contribution in [2.24, 2.45) is 5.92 Å². The molecule has 2 aromatic rings. The highest BCUT2D eigenvalue weighted by atomic mass is 32.2. The molecule has 3 rings (SSSR count). The summed E-state index contributed by atoms with van der Waals surface area (Å²) in [5.41, 5.74) is 0. The highest BCUT2D eigenvalue weighted by molar-refractivity contribution is 7.99. The van der Waals surface area contributed by atoms with E-state index in [1.807, 2.05) is 24.3 Å². The fourth-order valence-corrected chi connectivity index (χ4v) is 3.76. The molecule has 1 heterocycles. The Kier molecular flexibility index (Phi) is 5.30. The van der Waals surface area contributed by atoms with Crippen molar-refractivity contribution in [1.82, 2.24) is 9.36 Å². The van der Waals surface area contributed by atoms with E-state index >= 15 is 0 Å². The van der Waals surface area contributed by atoms with E-state index in [1.165, 1.54) is 23.3 Å². The van der Waals surface area contributed by atoms with Gasteiger partial charge in [0.1, 0.15) is 5.75 Å². The second-order valence-electron chi connectivity index (χ2n) is 5.18. The van der Waals surface area contributed by atoms with E-state index in [0.717, 1.165) is 23.5 Å². The highest BCUT2D eigenvalue weighted by Crippen LogP contribution is 2.29. The molecule has 1 aliphatic carbocycles. The molecule has 0 aliphatic heterocycles. The Balaban J connectivity index is 1.54. The van der Waals surface area contributed by atoms with Crippen LogP contribution in [0.2, 0.25) is 0 Å². The summed E-state index contributed by atoms with van der Waals surface area (Å²) >= 11 is 2.66. The van der Waals surface area contributed by atoms with Gasteiger partial charge in [-0.25, -0.2) is 0 Å². The lowest BCUT2D eigenvalue weighted by Gasteiger charge is -2.05. The van der Waals surface area contributed by atoms with Crippen LogP contribution in [0.1, 0.15) is 19.3 Å². The number of hydrogen-bond acceptors (Lipinski definition) is 6. The van der Waals surface area contributed by atoms with Gasteiger partial charge in [0.15, 0.2) is 0 Å². The molecule has 5 nitrogen and oxygen atoms in total. The van der Waals surface area contributed by atoms with Gasteiger partial charge < -0.3 is 10.1 Å². The van der Waals surface area contributed by atoms with E-state index in [0.29, 0.717) is 22.6 Å². The minimum absolute atomic E-state index is 0.00121. The smallest absolute Gasteiger partial charge is 0.226 e. The molecule has 1 amide bonds. The van der Waals surface area contributed by atoms with Crippen molar-refractivity contribution < 1.29 is 9.53 Å². The third kappa shape index (κ3) is 4.56. The van der Waals surface area contributed by atoms with Gasteiger partial charge in [0, 0.05) is 22.8 Å². The largest absolute Gasteiger partial charge is 0.497 e. The number of rotatable bonds is 6. The van der Waals surface area contributed by atoms with E-state index in [2.05, 4.69) is 26.8 Å². The molecule has 1 aliphatic rings. The van der Waals surface area contributed by atoms with E-state index in [-0.39, 0.29) is 5.91 Å². The fraction of sp³-hybridized carbons (Fsp3) is 0.312. The Morgan fingerprint density at radius 1 is 1.43 bits per heavy atom. The SMILES string of the molecule is COc1ccc(Sc2nsc(NC(=O)CC3C=CCC3)n2)cc1. The first-order chi connectivity index (χ1) is 11.2. The minimum atomic E-state index is -0.00121. The van der Waals surface area contributed by atoms with Crippen LogP contribution >= 0.6 is 23.3 Å².